The van der Waals surface area contributed by atoms with Gasteiger partial charge < -0.3 is 10.1 Å². The first-order valence-corrected chi connectivity index (χ1v) is 11.1. The second-order valence-electron chi connectivity index (χ2n) is 7.20. The number of anilines is 2. The average Bonchev–Trinajstić information content (AvgIpc) is 3.31. The van der Waals surface area contributed by atoms with Crippen LogP contribution in [-0.2, 0) is 11.2 Å². The van der Waals surface area contributed by atoms with Crippen molar-refractivity contribution in [3.63, 3.8) is 0 Å². The molecule has 3 heterocycles. The van der Waals surface area contributed by atoms with E-state index in [1.54, 1.807) is 24.8 Å². The maximum Gasteiger partial charge on any atom is 0.198 e. The molecule has 0 saturated heterocycles. The molecule has 2 aliphatic rings. The molecule has 8 heteroatoms. The van der Waals surface area contributed by atoms with Crippen LogP contribution in [0.1, 0.15) is 48.6 Å². The van der Waals surface area contributed by atoms with E-state index < -0.39 is 0 Å². The lowest BCUT2D eigenvalue weighted by Crippen LogP contribution is -2.04. The lowest BCUT2D eigenvalue weighted by Gasteiger charge is -2.18. The van der Waals surface area contributed by atoms with Crippen LogP contribution < -0.4 is 10.1 Å². The molecular weight excluding hydrogens is 392 g/mol. The van der Waals surface area contributed by atoms with Gasteiger partial charge in [-0.15, -0.1) is 0 Å². The first-order chi connectivity index (χ1) is 13.7. The normalized spacial score (nSPS) is 17.1. The van der Waals surface area contributed by atoms with Gasteiger partial charge in [0.25, 0.3) is 0 Å². The van der Waals surface area contributed by atoms with Crippen LogP contribution in [0.2, 0.25) is 0 Å². The molecule has 5 rings (SSSR count). The number of rotatable bonds is 4. The predicted molar refractivity (Wildman–Crippen MR) is 112 cm³/mol. The van der Waals surface area contributed by atoms with Gasteiger partial charge in [-0.2, -0.15) is 0 Å². The Morgan fingerprint density at radius 3 is 2.86 bits per heavy atom. The fourth-order valence-electron chi connectivity index (χ4n) is 3.93. The Balaban J connectivity index is 1.51. The molecule has 3 aromatic rings. The number of ether oxygens (including phenoxy) is 1. The van der Waals surface area contributed by atoms with E-state index in [2.05, 4.69) is 15.3 Å². The van der Waals surface area contributed by atoms with E-state index in [1.807, 2.05) is 12.1 Å². The van der Waals surface area contributed by atoms with Crippen LogP contribution in [0.25, 0.3) is 10.3 Å². The van der Waals surface area contributed by atoms with E-state index in [0.717, 1.165) is 26.5 Å². The number of nitrogens with one attached hydrogen (secondary N) is 1. The Kier molecular flexibility index (Phi) is 4.68. The molecule has 1 aromatic carbocycles. The fourth-order valence-corrected chi connectivity index (χ4v) is 5.92. The smallest absolute Gasteiger partial charge is 0.198 e. The van der Waals surface area contributed by atoms with Crippen LogP contribution in [0.15, 0.2) is 23.4 Å². The summed E-state index contributed by atoms with van der Waals surface area (Å²) >= 11 is 2.96. The minimum Gasteiger partial charge on any atom is -0.495 e. The molecule has 0 unspecified atom stereocenters. The maximum absolute atomic E-state index is 11.8. The Hall–Kier alpha value is -2.19. The second kappa shape index (κ2) is 7.33. The molecule has 1 aliphatic heterocycles. The third-order valence-corrected chi connectivity index (χ3v) is 7.46. The van der Waals surface area contributed by atoms with Crippen molar-refractivity contribution in [2.75, 3.05) is 12.4 Å². The summed E-state index contributed by atoms with van der Waals surface area (Å²) < 4.78 is 5.55. The average molecular weight is 413 g/mol. The maximum atomic E-state index is 11.8. The Bertz CT molecular complexity index is 1060. The number of aromatic nitrogens is 3. The molecule has 1 aliphatic carbocycles. The van der Waals surface area contributed by atoms with Gasteiger partial charge in [-0.3, -0.25) is 4.79 Å². The number of thiazole rings is 1. The predicted octanol–water partition coefficient (Wildman–Crippen LogP) is 5.06. The fraction of sp³-hybridized carbons (Fsp3) is 0.400. The molecule has 28 heavy (non-hydrogen) atoms. The zero-order valence-electron chi connectivity index (χ0n) is 15.5. The minimum absolute atomic E-state index is 0.162. The number of hydrogen-bond donors (Lipinski definition) is 1. The Morgan fingerprint density at radius 1 is 1.18 bits per heavy atom. The number of carbonyl (C=O) groups excluding carboxylic acids is 1. The lowest BCUT2D eigenvalue weighted by atomic mass is 9.90. The van der Waals surface area contributed by atoms with Crippen LogP contribution in [0, 0.1) is 0 Å². The van der Waals surface area contributed by atoms with Gasteiger partial charge in [0.1, 0.15) is 22.4 Å². The van der Waals surface area contributed by atoms with Crippen LogP contribution >= 0.6 is 23.1 Å². The van der Waals surface area contributed by atoms with Crippen molar-refractivity contribution >= 4 is 50.1 Å². The molecule has 1 saturated carbocycles. The van der Waals surface area contributed by atoms with Gasteiger partial charge in [0, 0.05) is 17.2 Å². The van der Waals surface area contributed by atoms with Gasteiger partial charge in [-0.25, -0.2) is 15.0 Å². The molecule has 0 radical (unpaired) electrons. The van der Waals surface area contributed by atoms with Crippen molar-refractivity contribution in [3.05, 3.63) is 29.0 Å². The van der Waals surface area contributed by atoms with Gasteiger partial charge >= 0.3 is 0 Å². The minimum atomic E-state index is 0.162. The van der Waals surface area contributed by atoms with Crippen molar-refractivity contribution in [3.8, 4) is 5.75 Å². The summed E-state index contributed by atoms with van der Waals surface area (Å²) in [5.74, 6) is 1.91. The van der Waals surface area contributed by atoms with E-state index in [9.17, 15) is 4.79 Å². The third kappa shape index (κ3) is 3.24. The Morgan fingerprint density at radius 2 is 2.04 bits per heavy atom. The van der Waals surface area contributed by atoms with E-state index in [-0.39, 0.29) is 5.12 Å². The topological polar surface area (TPSA) is 77.0 Å². The molecule has 0 amide bonds. The number of hydrogen-bond acceptors (Lipinski definition) is 8. The second-order valence-corrected chi connectivity index (χ2v) is 9.31. The molecule has 2 aromatic heterocycles. The monoisotopic (exact) mass is 412 g/mol. The Labute approximate surface area is 171 Å². The SMILES string of the molecule is COc1cc2c(cc1Nc1ncnc3sc(C4CCCCC4)nc13)SC(=O)C2. The number of fused-ring (bicyclic) bond motifs is 2. The van der Waals surface area contributed by atoms with E-state index in [1.165, 1.54) is 48.9 Å². The van der Waals surface area contributed by atoms with E-state index >= 15 is 0 Å². The molecule has 6 nitrogen and oxygen atoms in total. The summed E-state index contributed by atoms with van der Waals surface area (Å²) in [5.41, 5.74) is 2.61. The molecule has 0 bridgehead atoms. The van der Waals surface area contributed by atoms with Gasteiger partial charge in [-0.1, -0.05) is 42.4 Å². The third-order valence-electron chi connectivity index (χ3n) is 5.36. The van der Waals surface area contributed by atoms with Crippen LogP contribution in [-0.4, -0.2) is 27.2 Å². The molecule has 0 spiro atoms. The molecular formula is C20H20N4O2S2. The summed E-state index contributed by atoms with van der Waals surface area (Å²) in [6.07, 6.45) is 8.32. The quantitative estimate of drug-likeness (QED) is 0.642. The summed E-state index contributed by atoms with van der Waals surface area (Å²) in [6.45, 7) is 0. The molecule has 1 N–H and O–H groups in total. The van der Waals surface area contributed by atoms with Crippen molar-refractivity contribution in [1.29, 1.82) is 0 Å². The van der Waals surface area contributed by atoms with E-state index in [0.29, 0.717) is 23.9 Å². The number of thioether (sulfide) groups is 1. The number of methoxy groups -OCH3 is 1. The highest BCUT2D eigenvalue weighted by Gasteiger charge is 2.24. The van der Waals surface area contributed by atoms with Crippen LogP contribution in [0.5, 0.6) is 5.75 Å². The molecule has 144 valence electrons. The summed E-state index contributed by atoms with van der Waals surface area (Å²) in [7, 11) is 1.64. The van der Waals surface area contributed by atoms with Gasteiger partial charge in [-0.05, 0) is 30.5 Å². The van der Waals surface area contributed by atoms with Crippen molar-refractivity contribution in [1.82, 2.24) is 15.0 Å². The summed E-state index contributed by atoms with van der Waals surface area (Å²) in [6, 6.07) is 3.90. The van der Waals surface area contributed by atoms with Crippen LogP contribution in [0.4, 0.5) is 11.5 Å². The summed E-state index contributed by atoms with van der Waals surface area (Å²) in [5, 5.41) is 4.70. The number of benzene rings is 1. The first-order valence-electron chi connectivity index (χ1n) is 9.51. The molecule has 1 fully saturated rings. The highest BCUT2D eigenvalue weighted by molar-refractivity contribution is 8.14. The number of nitrogens with zero attached hydrogens (tertiary/aromatic N) is 3. The number of carbonyl (C=O) groups is 1. The first kappa shape index (κ1) is 17.9. The van der Waals surface area contributed by atoms with Crippen molar-refractivity contribution in [2.45, 2.75) is 49.3 Å². The van der Waals surface area contributed by atoms with Gasteiger partial charge in [0.15, 0.2) is 10.9 Å². The zero-order chi connectivity index (χ0) is 19.1. The van der Waals surface area contributed by atoms with Crippen molar-refractivity contribution < 1.29 is 9.53 Å². The standard InChI is InChI=1S/C20H20N4O2S2/c1-26-14-7-12-8-16(25)27-15(12)9-13(14)23-18-17-20(22-10-21-18)28-19(24-17)11-5-3-2-4-6-11/h7,9-11H,2-6,8H2,1H3,(H,21,22,23). The summed E-state index contributed by atoms with van der Waals surface area (Å²) in [4.78, 5) is 27.4. The molecule has 0 atom stereocenters. The zero-order valence-corrected chi connectivity index (χ0v) is 17.2. The van der Waals surface area contributed by atoms with Crippen LogP contribution in [0.3, 0.4) is 0 Å². The largest absolute Gasteiger partial charge is 0.495 e. The van der Waals surface area contributed by atoms with E-state index in [4.69, 9.17) is 9.72 Å². The lowest BCUT2D eigenvalue weighted by molar-refractivity contribution is -0.110. The van der Waals surface area contributed by atoms with Gasteiger partial charge in [0.2, 0.25) is 0 Å². The highest BCUT2D eigenvalue weighted by Crippen LogP contribution is 2.42. The van der Waals surface area contributed by atoms with Gasteiger partial charge in [0.05, 0.1) is 17.8 Å². The van der Waals surface area contributed by atoms with Crippen molar-refractivity contribution in [2.24, 2.45) is 0 Å². The highest BCUT2D eigenvalue weighted by atomic mass is 32.2.